The molecule has 1 N–H and O–H groups in total. The number of fused-ring (bicyclic) bond motifs is 1. The van der Waals surface area contributed by atoms with E-state index >= 15 is 0 Å². The molecule has 0 spiro atoms. The summed E-state index contributed by atoms with van der Waals surface area (Å²) < 4.78 is 4.18. The zero-order chi connectivity index (χ0) is 17.1. The standard InChI is InChI=1S/C16H16BrN5O2/c1-11(23)18-6-7-22-15-14(8-20-22)16(24)21(10-19-15)9-12-2-4-13(17)5-3-12/h2-5,8,10H,6-7,9H2,1H3,(H,18,23). The van der Waals surface area contributed by atoms with Crippen LogP contribution in [0.1, 0.15) is 12.5 Å². The van der Waals surface area contributed by atoms with Gasteiger partial charge in [0.2, 0.25) is 5.91 Å². The van der Waals surface area contributed by atoms with E-state index < -0.39 is 0 Å². The maximum Gasteiger partial charge on any atom is 0.264 e. The van der Waals surface area contributed by atoms with Crippen molar-refractivity contribution in [2.24, 2.45) is 0 Å². The molecule has 8 heteroatoms. The lowest BCUT2D eigenvalue weighted by Crippen LogP contribution is -2.25. The predicted octanol–water partition coefficient (Wildman–Crippen LogP) is 1.54. The van der Waals surface area contributed by atoms with Gasteiger partial charge in [-0.25, -0.2) is 9.67 Å². The van der Waals surface area contributed by atoms with Gasteiger partial charge in [0, 0.05) is 17.9 Å². The van der Waals surface area contributed by atoms with E-state index in [2.05, 4.69) is 31.3 Å². The van der Waals surface area contributed by atoms with Crippen LogP contribution in [0.15, 0.2) is 46.1 Å². The van der Waals surface area contributed by atoms with Crippen LogP contribution >= 0.6 is 15.9 Å². The van der Waals surface area contributed by atoms with E-state index in [4.69, 9.17) is 0 Å². The van der Waals surface area contributed by atoms with Gasteiger partial charge in [-0.3, -0.25) is 14.2 Å². The van der Waals surface area contributed by atoms with Crippen molar-refractivity contribution >= 4 is 32.9 Å². The van der Waals surface area contributed by atoms with Crippen LogP contribution in [0.5, 0.6) is 0 Å². The molecule has 0 radical (unpaired) electrons. The summed E-state index contributed by atoms with van der Waals surface area (Å²) in [5.74, 6) is -0.101. The predicted molar refractivity (Wildman–Crippen MR) is 93.7 cm³/mol. The number of nitrogens with one attached hydrogen (secondary N) is 1. The van der Waals surface area contributed by atoms with Crippen LogP contribution in [0.25, 0.3) is 11.0 Å². The Morgan fingerprint density at radius 3 is 2.75 bits per heavy atom. The molecule has 0 bridgehead atoms. The summed E-state index contributed by atoms with van der Waals surface area (Å²) in [5.41, 5.74) is 1.41. The first kappa shape index (κ1) is 16.4. The van der Waals surface area contributed by atoms with Gasteiger partial charge >= 0.3 is 0 Å². The summed E-state index contributed by atoms with van der Waals surface area (Å²) in [6.45, 7) is 2.81. The summed E-state index contributed by atoms with van der Waals surface area (Å²) in [7, 11) is 0. The van der Waals surface area contributed by atoms with Crippen LogP contribution in [-0.2, 0) is 17.9 Å². The third kappa shape index (κ3) is 3.53. The van der Waals surface area contributed by atoms with Crippen LogP contribution in [-0.4, -0.2) is 31.8 Å². The lowest BCUT2D eigenvalue weighted by molar-refractivity contribution is -0.118. The molecule has 0 atom stereocenters. The van der Waals surface area contributed by atoms with Crippen LogP contribution in [0, 0.1) is 0 Å². The fourth-order valence-corrected chi connectivity index (χ4v) is 2.66. The highest BCUT2D eigenvalue weighted by atomic mass is 79.9. The second-order valence-electron chi connectivity index (χ2n) is 5.39. The monoisotopic (exact) mass is 389 g/mol. The Morgan fingerprint density at radius 2 is 2.04 bits per heavy atom. The number of aromatic nitrogens is 4. The number of nitrogens with zero attached hydrogens (tertiary/aromatic N) is 4. The number of carbonyl (C=O) groups is 1. The van der Waals surface area contributed by atoms with Gasteiger partial charge < -0.3 is 5.32 Å². The molecule has 0 aliphatic heterocycles. The third-order valence-corrected chi connectivity index (χ3v) is 4.11. The number of halogens is 1. The Bertz CT molecular complexity index is 930. The first-order valence-electron chi connectivity index (χ1n) is 7.44. The van der Waals surface area contributed by atoms with Crippen molar-refractivity contribution in [2.45, 2.75) is 20.0 Å². The number of hydrogen-bond donors (Lipinski definition) is 1. The SMILES string of the molecule is CC(=O)NCCn1ncc2c(=O)n(Cc3ccc(Br)cc3)cnc21. The van der Waals surface area contributed by atoms with E-state index in [1.807, 2.05) is 24.3 Å². The van der Waals surface area contributed by atoms with Gasteiger partial charge in [0.15, 0.2) is 5.65 Å². The van der Waals surface area contributed by atoms with Crippen molar-refractivity contribution in [1.82, 2.24) is 24.6 Å². The number of rotatable bonds is 5. The summed E-state index contributed by atoms with van der Waals surface area (Å²) in [6.07, 6.45) is 3.06. The topological polar surface area (TPSA) is 81.8 Å². The van der Waals surface area contributed by atoms with Crippen molar-refractivity contribution in [3.05, 3.63) is 57.2 Å². The Labute approximate surface area is 146 Å². The zero-order valence-corrected chi connectivity index (χ0v) is 14.7. The van der Waals surface area contributed by atoms with E-state index in [1.165, 1.54) is 19.4 Å². The molecular weight excluding hydrogens is 374 g/mol. The minimum atomic E-state index is -0.131. The van der Waals surface area contributed by atoms with Gasteiger partial charge in [-0.15, -0.1) is 0 Å². The van der Waals surface area contributed by atoms with Crippen LogP contribution in [0.3, 0.4) is 0 Å². The van der Waals surface area contributed by atoms with Crippen molar-refractivity contribution in [3.63, 3.8) is 0 Å². The van der Waals surface area contributed by atoms with Crippen LogP contribution < -0.4 is 10.9 Å². The largest absolute Gasteiger partial charge is 0.354 e. The molecule has 1 amide bonds. The van der Waals surface area contributed by atoms with E-state index in [-0.39, 0.29) is 11.5 Å². The molecule has 3 aromatic rings. The smallest absolute Gasteiger partial charge is 0.264 e. The molecule has 0 fully saturated rings. The van der Waals surface area contributed by atoms with Crippen LogP contribution in [0.4, 0.5) is 0 Å². The molecule has 0 saturated heterocycles. The molecule has 7 nitrogen and oxygen atoms in total. The molecule has 0 saturated carbocycles. The van der Waals surface area contributed by atoms with Crippen LogP contribution in [0.2, 0.25) is 0 Å². The molecule has 2 heterocycles. The first-order chi connectivity index (χ1) is 11.5. The quantitative estimate of drug-likeness (QED) is 0.717. The highest BCUT2D eigenvalue weighted by Crippen LogP contribution is 2.11. The molecule has 24 heavy (non-hydrogen) atoms. The van der Waals surface area contributed by atoms with Gasteiger partial charge in [0.05, 0.1) is 19.3 Å². The number of carbonyl (C=O) groups excluding carboxylic acids is 1. The first-order valence-corrected chi connectivity index (χ1v) is 8.24. The van der Waals surface area contributed by atoms with E-state index in [9.17, 15) is 9.59 Å². The minimum absolute atomic E-state index is 0.101. The molecular formula is C16H16BrN5O2. The Morgan fingerprint density at radius 1 is 1.29 bits per heavy atom. The second kappa shape index (κ2) is 6.96. The fourth-order valence-electron chi connectivity index (χ4n) is 2.40. The minimum Gasteiger partial charge on any atom is -0.354 e. The highest BCUT2D eigenvalue weighted by molar-refractivity contribution is 9.10. The Kier molecular flexibility index (Phi) is 4.75. The number of benzene rings is 1. The van der Waals surface area contributed by atoms with E-state index in [0.29, 0.717) is 30.7 Å². The summed E-state index contributed by atoms with van der Waals surface area (Å²) in [5, 5.41) is 7.36. The van der Waals surface area contributed by atoms with Gasteiger partial charge in [-0.1, -0.05) is 28.1 Å². The molecule has 0 aliphatic carbocycles. The molecule has 2 aromatic heterocycles. The number of amides is 1. The molecule has 0 unspecified atom stereocenters. The van der Waals surface area contributed by atoms with Gasteiger partial charge in [0.25, 0.3) is 5.56 Å². The highest BCUT2D eigenvalue weighted by Gasteiger charge is 2.10. The van der Waals surface area contributed by atoms with Crippen molar-refractivity contribution in [2.75, 3.05) is 6.54 Å². The second-order valence-corrected chi connectivity index (χ2v) is 6.31. The van der Waals surface area contributed by atoms with E-state index in [0.717, 1.165) is 10.0 Å². The maximum atomic E-state index is 12.6. The Hall–Kier alpha value is -2.48. The van der Waals surface area contributed by atoms with Gasteiger partial charge in [-0.2, -0.15) is 5.10 Å². The van der Waals surface area contributed by atoms with Gasteiger partial charge in [0.1, 0.15) is 11.7 Å². The maximum absolute atomic E-state index is 12.6. The fraction of sp³-hybridized carbons (Fsp3) is 0.250. The average Bonchev–Trinajstić information content (AvgIpc) is 2.96. The number of hydrogen-bond acceptors (Lipinski definition) is 4. The van der Waals surface area contributed by atoms with E-state index in [1.54, 1.807) is 9.25 Å². The summed E-state index contributed by atoms with van der Waals surface area (Å²) in [6, 6.07) is 7.79. The van der Waals surface area contributed by atoms with Crippen molar-refractivity contribution < 1.29 is 4.79 Å². The molecule has 124 valence electrons. The lowest BCUT2D eigenvalue weighted by atomic mass is 10.2. The third-order valence-electron chi connectivity index (χ3n) is 3.59. The lowest BCUT2D eigenvalue weighted by Gasteiger charge is -2.07. The normalized spacial score (nSPS) is 10.9. The summed E-state index contributed by atoms with van der Waals surface area (Å²) in [4.78, 5) is 27.9. The Balaban J connectivity index is 1.84. The zero-order valence-electron chi connectivity index (χ0n) is 13.1. The molecule has 0 aliphatic rings. The van der Waals surface area contributed by atoms with Crippen molar-refractivity contribution in [3.8, 4) is 0 Å². The average molecular weight is 390 g/mol. The summed E-state index contributed by atoms with van der Waals surface area (Å²) >= 11 is 3.39. The molecule has 1 aromatic carbocycles. The molecule has 3 rings (SSSR count). The van der Waals surface area contributed by atoms with Crippen molar-refractivity contribution in [1.29, 1.82) is 0 Å². The van der Waals surface area contributed by atoms with Gasteiger partial charge in [-0.05, 0) is 17.7 Å².